The average molecular weight is 297 g/mol. The first-order valence-corrected chi connectivity index (χ1v) is 6.48. The van der Waals surface area contributed by atoms with Crippen LogP contribution in [0.15, 0.2) is 59.1 Å². The molecule has 0 spiro atoms. The predicted octanol–water partition coefficient (Wildman–Crippen LogP) is 3.22. The summed E-state index contributed by atoms with van der Waals surface area (Å²) >= 11 is 0. The van der Waals surface area contributed by atoms with Gasteiger partial charge in [0.05, 0.1) is 4.92 Å². The molecule has 0 atom stereocenters. The molecule has 7 nitrogen and oxygen atoms in total. The summed E-state index contributed by atoms with van der Waals surface area (Å²) in [5.41, 5.74) is 0.696. The van der Waals surface area contributed by atoms with E-state index >= 15 is 0 Å². The molecule has 0 N–H and O–H groups in total. The van der Waals surface area contributed by atoms with Crippen molar-refractivity contribution in [2.75, 3.05) is 0 Å². The first kappa shape index (κ1) is 13.7. The summed E-state index contributed by atoms with van der Waals surface area (Å²) in [5, 5.41) is 14.7. The molecule has 0 aliphatic carbocycles. The Balaban J connectivity index is 1.73. The van der Waals surface area contributed by atoms with Crippen molar-refractivity contribution in [2.45, 2.75) is 6.61 Å². The Morgan fingerprint density at radius 2 is 1.82 bits per heavy atom. The third-order valence-corrected chi connectivity index (χ3v) is 2.91. The highest BCUT2D eigenvalue weighted by Crippen LogP contribution is 2.26. The standard InChI is InChI=1S/C15H11N3O4/c19-18(20)12-8-4-5-9-13(12)21-10-14-16-15(22-17-14)11-6-2-1-3-7-11/h1-9H,10H2. The van der Waals surface area contributed by atoms with E-state index in [0.29, 0.717) is 11.7 Å². The zero-order valence-electron chi connectivity index (χ0n) is 11.4. The number of aromatic nitrogens is 2. The first-order chi connectivity index (χ1) is 10.7. The summed E-state index contributed by atoms with van der Waals surface area (Å²) < 4.78 is 10.5. The number of hydrogen-bond donors (Lipinski definition) is 0. The van der Waals surface area contributed by atoms with Gasteiger partial charge in [-0.3, -0.25) is 10.1 Å². The number of para-hydroxylation sites is 2. The van der Waals surface area contributed by atoms with Crippen molar-refractivity contribution in [3.05, 3.63) is 70.5 Å². The average Bonchev–Trinajstić information content (AvgIpc) is 3.03. The Hall–Kier alpha value is -3.22. The van der Waals surface area contributed by atoms with Gasteiger partial charge >= 0.3 is 5.69 Å². The fraction of sp³-hybridized carbons (Fsp3) is 0.0667. The van der Waals surface area contributed by atoms with Crippen LogP contribution in [0, 0.1) is 10.1 Å². The fourth-order valence-corrected chi connectivity index (χ4v) is 1.88. The summed E-state index contributed by atoms with van der Waals surface area (Å²) in [5.74, 6) is 0.859. The van der Waals surface area contributed by atoms with Gasteiger partial charge < -0.3 is 9.26 Å². The maximum atomic E-state index is 10.9. The third kappa shape index (κ3) is 2.93. The van der Waals surface area contributed by atoms with Crippen molar-refractivity contribution >= 4 is 5.69 Å². The van der Waals surface area contributed by atoms with Crippen LogP contribution in [0.4, 0.5) is 5.69 Å². The number of hydrogen-bond acceptors (Lipinski definition) is 6. The van der Waals surface area contributed by atoms with Crippen LogP contribution >= 0.6 is 0 Å². The molecule has 0 bridgehead atoms. The van der Waals surface area contributed by atoms with Crippen LogP contribution in [-0.2, 0) is 6.61 Å². The zero-order valence-corrected chi connectivity index (χ0v) is 11.4. The predicted molar refractivity (Wildman–Crippen MR) is 77.2 cm³/mol. The van der Waals surface area contributed by atoms with Crippen molar-refractivity contribution < 1.29 is 14.2 Å². The zero-order chi connectivity index (χ0) is 15.4. The molecule has 2 aromatic carbocycles. The van der Waals surface area contributed by atoms with Crippen LogP contribution < -0.4 is 4.74 Å². The van der Waals surface area contributed by atoms with Gasteiger partial charge in [0, 0.05) is 11.6 Å². The molecular weight excluding hydrogens is 286 g/mol. The summed E-state index contributed by atoms with van der Waals surface area (Å²) in [6.07, 6.45) is 0. The number of rotatable bonds is 5. The second-order valence-electron chi connectivity index (χ2n) is 4.40. The highest BCUT2D eigenvalue weighted by atomic mass is 16.6. The van der Waals surface area contributed by atoms with Crippen molar-refractivity contribution in [1.29, 1.82) is 0 Å². The van der Waals surface area contributed by atoms with Gasteiger partial charge in [-0.15, -0.1) is 0 Å². The van der Waals surface area contributed by atoms with Gasteiger partial charge in [-0.2, -0.15) is 4.98 Å². The van der Waals surface area contributed by atoms with E-state index in [0.717, 1.165) is 5.56 Å². The molecule has 3 rings (SSSR count). The lowest BCUT2D eigenvalue weighted by Crippen LogP contribution is -2.00. The lowest BCUT2D eigenvalue weighted by atomic mass is 10.2. The van der Waals surface area contributed by atoms with Gasteiger partial charge in [-0.25, -0.2) is 0 Å². The van der Waals surface area contributed by atoms with E-state index in [1.54, 1.807) is 12.1 Å². The number of ether oxygens (including phenoxy) is 1. The van der Waals surface area contributed by atoms with E-state index < -0.39 is 4.92 Å². The summed E-state index contributed by atoms with van der Waals surface area (Å²) in [4.78, 5) is 14.6. The molecular formula is C15H11N3O4. The maximum absolute atomic E-state index is 10.9. The van der Waals surface area contributed by atoms with Crippen molar-refractivity contribution in [3.63, 3.8) is 0 Å². The molecule has 0 fully saturated rings. The summed E-state index contributed by atoms with van der Waals surface area (Å²) in [6.45, 7) is -0.0127. The van der Waals surface area contributed by atoms with E-state index in [1.807, 2.05) is 30.3 Å². The fourth-order valence-electron chi connectivity index (χ4n) is 1.88. The lowest BCUT2D eigenvalue weighted by molar-refractivity contribution is -0.385. The topological polar surface area (TPSA) is 91.3 Å². The van der Waals surface area contributed by atoms with E-state index in [1.165, 1.54) is 12.1 Å². The minimum atomic E-state index is -0.499. The van der Waals surface area contributed by atoms with Crippen LogP contribution in [0.2, 0.25) is 0 Å². The SMILES string of the molecule is O=[N+]([O-])c1ccccc1OCc1noc(-c2ccccc2)n1. The van der Waals surface area contributed by atoms with E-state index in [9.17, 15) is 10.1 Å². The third-order valence-electron chi connectivity index (χ3n) is 2.91. The van der Waals surface area contributed by atoms with Gasteiger partial charge in [-0.05, 0) is 18.2 Å². The van der Waals surface area contributed by atoms with Crippen molar-refractivity contribution in [1.82, 2.24) is 10.1 Å². The molecule has 0 unspecified atom stereocenters. The number of nitrogens with zero attached hydrogens (tertiary/aromatic N) is 3. The van der Waals surface area contributed by atoms with Crippen LogP contribution in [0.3, 0.4) is 0 Å². The largest absolute Gasteiger partial charge is 0.478 e. The van der Waals surface area contributed by atoms with E-state index in [2.05, 4.69) is 10.1 Å². The van der Waals surface area contributed by atoms with Crippen molar-refractivity contribution in [3.8, 4) is 17.2 Å². The van der Waals surface area contributed by atoms with Crippen LogP contribution in [0.1, 0.15) is 5.82 Å². The Morgan fingerprint density at radius 1 is 1.09 bits per heavy atom. The van der Waals surface area contributed by atoms with Gasteiger partial charge in [0.2, 0.25) is 5.82 Å². The smallest absolute Gasteiger partial charge is 0.310 e. The number of benzene rings is 2. The van der Waals surface area contributed by atoms with Gasteiger partial charge in [0.1, 0.15) is 0 Å². The molecule has 0 aliphatic heterocycles. The molecule has 22 heavy (non-hydrogen) atoms. The Morgan fingerprint density at radius 3 is 2.59 bits per heavy atom. The second-order valence-corrected chi connectivity index (χ2v) is 4.40. The molecule has 3 aromatic rings. The van der Waals surface area contributed by atoms with E-state index in [-0.39, 0.29) is 18.0 Å². The van der Waals surface area contributed by atoms with Crippen LogP contribution in [0.25, 0.3) is 11.5 Å². The lowest BCUT2D eigenvalue weighted by Gasteiger charge is -2.03. The first-order valence-electron chi connectivity index (χ1n) is 6.48. The number of nitro benzene ring substituents is 1. The summed E-state index contributed by atoms with van der Waals surface area (Å²) in [6, 6.07) is 15.4. The second kappa shape index (κ2) is 6.04. The number of nitro groups is 1. The molecule has 0 saturated carbocycles. The maximum Gasteiger partial charge on any atom is 0.310 e. The normalized spacial score (nSPS) is 10.4. The highest BCUT2D eigenvalue weighted by Gasteiger charge is 2.15. The van der Waals surface area contributed by atoms with Crippen molar-refractivity contribution in [2.24, 2.45) is 0 Å². The molecule has 0 aliphatic rings. The van der Waals surface area contributed by atoms with Gasteiger partial charge in [0.15, 0.2) is 12.4 Å². The highest BCUT2D eigenvalue weighted by molar-refractivity contribution is 5.52. The molecule has 1 heterocycles. The Labute approximate surface area is 125 Å². The molecule has 0 radical (unpaired) electrons. The van der Waals surface area contributed by atoms with E-state index in [4.69, 9.17) is 9.26 Å². The molecule has 0 saturated heterocycles. The molecule has 110 valence electrons. The Kier molecular flexibility index (Phi) is 3.78. The quantitative estimate of drug-likeness (QED) is 0.530. The summed E-state index contributed by atoms with van der Waals surface area (Å²) in [7, 11) is 0. The molecule has 1 aromatic heterocycles. The van der Waals surface area contributed by atoms with Crippen LogP contribution in [0.5, 0.6) is 5.75 Å². The van der Waals surface area contributed by atoms with Gasteiger partial charge in [-0.1, -0.05) is 35.5 Å². The van der Waals surface area contributed by atoms with Crippen LogP contribution in [-0.4, -0.2) is 15.1 Å². The molecule has 7 heteroatoms. The Bertz CT molecular complexity index is 786. The monoisotopic (exact) mass is 297 g/mol. The minimum absolute atomic E-state index is 0.0127. The molecule has 0 amide bonds. The van der Waals surface area contributed by atoms with Gasteiger partial charge in [0.25, 0.3) is 5.89 Å². The minimum Gasteiger partial charge on any atom is -0.478 e.